The standard InChI is InChI=1S/C60H78ClF3N6O9S3Si/c1-58(2,3)79-57(73)70-35-33-69(34-36-70)48-23-25-51(42-15-19-45(61)20-16-42)52(39-48)55(71)43-27-31-68(32-28-43)47-21-17-44(18-22-47)56(72)66-82(76,77)50-24-26-53(54(40-50)81(74,75)60(62,63)64)65-46(41-80-49-13-11-10-12-14-49)29-30-67(7)37-38-78-83(8,9)59(4,5)6/h10-26,39-40,43,46,55,65,71H,27-38,41H2,1-9H3,(H,66,72). The van der Waals surface area contributed by atoms with Crippen LogP contribution in [0.2, 0.25) is 23.2 Å². The lowest BCUT2D eigenvalue weighted by atomic mass is 9.84. The van der Waals surface area contributed by atoms with E-state index >= 15 is 0 Å². The van der Waals surface area contributed by atoms with Gasteiger partial charge in [-0.3, -0.25) is 4.79 Å². The number of rotatable bonds is 21. The molecule has 5 aromatic carbocycles. The third-order valence-corrected chi connectivity index (χ3v) is 24.3. The van der Waals surface area contributed by atoms with Gasteiger partial charge < -0.3 is 39.2 Å². The molecule has 7 rings (SSSR count). The summed E-state index contributed by atoms with van der Waals surface area (Å²) in [6, 6.07) is 30.8. The number of sulfone groups is 1. The fraction of sp³-hybridized carbons (Fsp3) is 0.467. The number of piperidine rings is 1. The maximum Gasteiger partial charge on any atom is 0.501 e. The van der Waals surface area contributed by atoms with Gasteiger partial charge in [-0.05, 0) is 173 Å². The number of likely N-dealkylation sites (N-methyl/N-ethyl adjacent to an activating group) is 1. The predicted molar refractivity (Wildman–Crippen MR) is 327 cm³/mol. The predicted octanol–water partition coefficient (Wildman–Crippen LogP) is 12.3. The highest BCUT2D eigenvalue weighted by molar-refractivity contribution is 7.99. The maximum atomic E-state index is 14.4. The summed E-state index contributed by atoms with van der Waals surface area (Å²) >= 11 is 7.69. The number of nitrogens with zero attached hydrogens (tertiary/aromatic N) is 4. The molecule has 0 aromatic heterocycles. The fourth-order valence-electron chi connectivity index (χ4n) is 9.58. The number of benzene rings is 5. The Bertz CT molecular complexity index is 3250. The molecule has 5 aromatic rings. The minimum atomic E-state index is -6.13. The summed E-state index contributed by atoms with van der Waals surface area (Å²) in [5.74, 6) is -0.886. The number of ether oxygens (including phenoxy) is 1. The number of carbonyl (C=O) groups excluding carboxylic acids is 2. The molecule has 2 atom stereocenters. The van der Waals surface area contributed by atoms with E-state index in [9.17, 15) is 44.7 Å². The Kier molecular flexibility index (Phi) is 21.2. The molecule has 2 fully saturated rings. The summed E-state index contributed by atoms with van der Waals surface area (Å²) in [6.07, 6.45) is 0.412. The highest BCUT2D eigenvalue weighted by Gasteiger charge is 2.49. The topological polar surface area (TPSA) is 178 Å². The lowest BCUT2D eigenvalue weighted by Gasteiger charge is -2.38. The molecule has 452 valence electrons. The number of nitrogens with one attached hydrogen (secondary N) is 2. The van der Waals surface area contributed by atoms with Crippen molar-refractivity contribution in [1.82, 2.24) is 14.5 Å². The molecule has 2 heterocycles. The van der Waals surface area contributed by atoms with Crippen LogP contribution in [-0.4, -0.2) is 141 Å². The van der Waals surface area contributed by atoms with E-state index < -0.39 is 72.8 Å². The van der Waals surface area contributed by atoms with E-state index in [1.165, 1.54) is 23.9 Å². The van der Waals surface area contributed by atoms with Crippen molar-refractivity contribution >= 4 is 80.6 Å². The second kappa shape index (κ2) is 26.9. The number of anilines is 3. The van der Waals surface area contributed by atoms with Gasteiger partial charge in [0.2, 0.25) is 0 Å². The number of amides is 2. The molecule has 0 radical (unpaired) electrons. The van der Waals surface area contributed by atoms with Gasteiger partial charge in [0, 0.05) is 91.1 Å². The van der Waals surface area contributed by atoms with Gasteiger partial charge in [0.05, 0.1) is 16.7 Å². The minimum Gasteiger partial charge on any atom is -0.444 e. The Morgan fingerprint density at radius 3 is 2.01 bits per heavy atom. The Morgan fingerprint density at radius 2 is 1.41 bits per heavy atom. The summed E-state index contributed by atoms with van der Waals surface area (Å²) in [5, 5.41) is 15.8. The van der Waals surface area contributed by atoms with E-state index in [4.69, 9.17) is 20.8 Å². The van der Waals surface area contributed by atoms with Gasteiger partial charge in [0.15, 0.2) is 8.32 Å². The van der Waals surface area contributed by atoms with Crippen molar-refractivity contribution in [2.24, 2.45) is 5.92 Å². The van der Waals surface area contributed by atoms with E-state index in [1.807, 2.05) is 110 Å². The van der Waals surface area contributed by atoms with Crippen LogP contribution in [-0.2, 0) is 29.0 Å². The van der Waals surface area contributed by atoms with Crippen molar-refractivity contribution in [1.29, 1.82) is 0 Å². The summed E-state index contributed by atoms with van der Waals surface area (Å²) in [6.45, 7) is 21.1. The van der Waals surface area contributed by atoms with Crippen LogP contribution in [0.4, 0.5) is 35.0 Å². The van der Waals surface area contributed by atoms with E-state index in [0.29, 0.717) is 95.1 Å². The van der Waals surface area contributed by atoms with Gasteiger partial charge in [0.1, 0.15) is 10.5 Å². The van der Waals surface area contributed by atoms with Crippen LogP contribution in [0.5, 0.6) is 0 Å². The van der Waals surface area contributed by atoms with Gasteiger partial charge in [-0.15, -0.1) is 11.8 Å². The molecule has 2 saturated heterocycles. The van der Waals surface area contributed by atoms with Crippen LogP contribution >= 0.6 is 23.4 Å². The van der Waals surface area contributed by atoms with Crippen LogP contribution in [0.25, 0.3) is 11.1 Å². The van der Waals surface area contributed by atoms with Gasteiger partial charge in [-0.1, -0.05) is 68.8 Å². The zero-order valence-electron chi connectivity index (χ0n) is 48.6. The molecule has 0 spiro atoms. The molecular formula is C60H78ClF3N6O9S3Si. The summed E-state index contributed by atoms with van der Waals surface area (Å²) < 4.78 is 111. The van der Waals surface area contributed by atoms with Crippen molar-refractivity contribution in [3.63, 3.8) is 0 Å². The lowest BCUT2D eigenvalue weighted by molar-refractivity contribution is -0.0436. The summed E-state index contributed by atoms with van der Waals surface area (Å²) in [7, 11) is -11.2. The van der Waals surface area contributed by atoms with Crippen LogP contribution in [0, 0.1) is 5.92 Å². The number of alkyl halides is 3. The Hall–Kier alpha value is -5.33. The second-order valence-corrected chi connectivity index (χ2v) is 33.7. The minimum absolute atomic E-state index is 0.0162. The number of hydrogen-bond donors (Lipinski definition) is 3. The number of aliphatic hydroxyl groups excluding tert-OH is 1. The van der Waals surface area contributed by atoms with Gasteiger partial charge >= 0.3 is 11.6 Å². The average Bonchev–Trinajstić information content (AvgIpc) is 3.07. The first-order valence-corrected chi connectivity index (χ1v) is 35.0. The molecule has 2 aliphatic rings. The highest BCUT2D eigenvalue weighted by atomic mass is 35.5. The molecule has 0 bridgehead atoms. The van der Waals surface area contributed by atoms with E-state index in [1.54, 1.807) is 17.0 Å². The van der Waals surface area contributed by atoms with Crippen LogP contribution < -0.4 is 19.8 Å². The quantitative estimate of drug-likeness (QED) is 0.0467. The number of hydrogen-bond acceptors (Lipinski definition) is 14. The van der Waals surface area contributed by atoms with Gasteiger partial charge in [-0.2, -0.15) is 13.2 Å². The molecule has 23 heteroatoms. The molecule has 3 N–H and O–H groups in total. The molecule has 0 saturated carbocycles. The Balaban J connectivity index is 1.01. The molecule has 2 aliphatic heterocycles. The number of sulfonamides is 1. The maximum absolute atomic E-state index is 14.4. The third-order valence-electron chi connectivity index (χ3n) is 15.5. The first-order valence-electron chi connectivity index (χ1n) is 27.8. The molecular weight excluding hydrogens is 1170 g/mol. The Morgan fingerprint density at radius 1 is 0.795 bits per heavy atom. The van der Waals surface area contributed by atoms with Crippen LogP contribution in [0.15, 0.2) is 130 Å². The van der Waals surface area contributed by atoms with Crippen LogP contribution in [0.3, 0.4) is 0 Å². The molecule has 2 unspecified atom stereocenters. The smallest absolute Gasteiger partial charge is 0.444 e. The Labute approximate surface area is 498 Å². The third kappa shape index (κ3) is 17.2. The summed E-state index contributed by atoms with van der Waals surface area (Å²) in [4.78, 5) is 33.1. The average molecular weight is 1240 g/mol. The number of thioether (sulfide) groups is 1. The molecule has 2 amide bonds. The SMILES string of the molecule is CN(CCO[Si](C)(C)C(C)(C)C)CCC(CSc1ccccc1)Nc1ccc(S(=O)(=O)NC(=O)c2ccc(N3CCC(C(O)c4cc(N5CCN(C(=O)OC(C)(C)C)CC5)ccc4-c4ccc(Cl)cc4)CC3)cc2)cc1S(=O)(=O)C(F)(F)F. The summed E-state index contributed by atoms with van der Waals surface area (Å²) in [5.41, 5.74) is -2.70. The van der Waals surface area contributed by atoms with E-state index in [0.717, 1.165) is 45.1 Å². The van der Waals surface area contributed by atoms with Crippen molar-refractivity contribution < 1.29 is 53.9 Å². The fourth-order valence-corrected chi connectivity index (χ4v) is 13.8. The number of aliphatic hydroxyl groups is 1. The highest BCUT2D eigenvalue weighted by Crippen LogP contribution is 2.41. The largest absolute Gasteiger partial charge is 0.501 e. The van der Waals surface area contributed by atoms with Crippen molar-refractivity contribution in [2.45, 2.75) is 117 Å². The van der Waals surface area contributed by atoms with E-state index in [2.05, 4.69) is 49.0 Å². The molecule has 15 nitrogen and oxygen atoms in total. The zero-order valence-corrected chi connectivity index (χ0v) is 52.8. The zero-order chi connectivity index (χ0) is 60.7. The molecule has 0 aliphatic carbocycles. The van der Waals surface area contributed by atoms with E-state index in [-0.39, 0.29) is 22.6 Å². The monoisotopic (exact) mass is 1240 g/mol. The number of halogens is 4. The number of piperazine rings is 1. The van der Waals surface area contributed by atoms with Crippen molar-refractivity contribution in [3.8, 4) is 11.1 Å². The van der Waals surface area contributed by atoms with Gasteiger partial charge in [0.25, 0.3) is 25.8 Å². The van der Waals surface area contributed by atoms with Crippen LogP contribution in [0.1, 0.15) is 82.8 Å². The lowest BCUT2D eigenvalue weighted by Crippen LogP contribution is -2.50. The van der Waals surface area contributed by atoms with Gasteiger partial charge in [-0.25, -0.2) is 26.4 Å². The normalized spacial score (nSPS) is 16.0. The van der Waals surface area contributed by atoms with Crippen molar-refractivity contribution in [3.05, 3.63) is 131 Å². The second-order valence-electron chi connectivity index (χ2n) is 23.8. The van der Waals surface area contributed by atoms with Crippen molar-refractivity contribution in [2.75, 3.05) is 86.9 Å². The first kappa shape index (κ1) is 65.2. The number of carbonyl (C=O) groups is 2. The molecule has 83 heavy (non-hydrogen) atoms. The first-order chi connectivity index (χ1) is 38.8.